The van der Waals surface area contributed by atoms with Crippen molar-refractivity contribution in [1.29, 1.82) is 0 Å². The lowest BCUT2D eigenvalue weighted by Gasteiger charge is -2.19. The molecule has 0 spiro atoms. The number of ether oxygens (including phenoxy) is 1. The van der Waals surface area contributed by atoms with E-state index in [0.717, 1.165) is 25.7 Å². The van der Waals surface area contributed by atoms with Crippen LogP contribution in [0.3, 0.4) is 0 Å². The second kappa shape index (κ2) is 5.15. The summed E-state index contributed by atoms with van der Waals surface area (Å²) in [6.45, 7) is 0.668. The number of amides is 3. The summed E-state index contributed by atoms with van der Waals surface area (Å²) in [6, 6.07) is 6.63. The van der Waals surface area contributed by atoms with Crippen molar-refractivity contribution in [2.24, 2.45) is 0 Å². The van der Waals surface area contributed by atoms with E-state index in [1.54, 1.807) is 24.1 Å². The van der Waals surface area contributed by atoms with Crippen molar-refractivity contribution < 1.29 is 14.3 Å². The first-order valence-corrected chi connectivity index (χ1v) is 7.01. The summed E-state index contributed by atoms with van der Waals surface area (Å²) < 4.78 is 5.27. The van der Waals surface area contributed by atoms with Crippen LogP contribution < -0.4 is 9.64 Å². The SMILES string of the molecule is COc1ccccc1N1C(=O)C2CCCCCN2C1=O. The summed E-state index contributed by atoms with van der Waals surface area (Å²) >= 11 is 0. The van der Waals surface area contributed by atoms with Crippen LogP contribution >= 0.6 is 0 Å². The Hall–Kier alpha value is -2.04. The molecule has 2 aliphatic heterocycles. The topological polar surface area (TPSA) is 49.9 Å². The number of hydrogen-bond donors (Lipinski definition) is 0. The molecule has 0 bridgehead atoms. The number of carbonyl (C=O) groups is 2. The Bertz CT molecular complexity index is 520. The summed E-state index contributed by atoms with van der Waals surface area (Å²) in [5.74, 6) is 0.424. The Kier molecular flexibility index (Phi) is 3.34. The predicted octanol–water partition coefficient (Wildman–Crippen LogP) is 2.41. The zero-order valence-corrected chi connectivity index (χ0v) is 11.5. The number of para-hydroxylation sites is 2. The Morgan fingerprint density at radius 1 is 1.15 bits per heavy atom. The molecule has 1 aromatic carbocycles. The van der Waals surface area contributed by atoms with Gasteiger partial charge in [-0.1, -0.05) is 25.0 Å². The molecule has 5 nitrogen and oxygen atoms in total. The third-order valence-electron chi connectivity index (χ3n) is 4.02. The summed E-state index contributed by atoms with van der Waals surface area (Å²) in [6.07, 6.45) is 3.81. The number of fused-ring (bicyclic) bond motifs is 1. The van der Waals surface area contributed by atoms with E-state index in [2.05, 4.69) is 0 Å². The highest BCUT2D eigenvalue weighted by Gasteiger charge is 2.46. The number of anilines is 1. The van der Waals surface area contributed by atoms with Gasteiger partial charge in [-0.05, 0) is 25.0 Å². The van der Waals surface area contributed by atoms with Crippen LogP contribution in [0.4, 0.5) is 10.5 Å². The van der Waals surface area contributed by atoms with Crippen LogP contribution in [-0.4, -0.2) is 36.5 Å². The van der Waals surface area contributed by atoms with E-state index < -0.39 is 0 Å². The molecule has 3 amide bonds. The molecule has 0 saturated carbocycles. The molecule has 3 rings (SSSR count). The minimum atomic E-state index is -0.296. The molecule has 106 valence electrons. The first-order valence-electron chi connectivity index (χ1n) is 7.01. The van der Waals surface area contributed by atoms with E-state index in [-0.39, 0.29) is 18.0 Å². The first kappa shape index (κ1) is 13.0. The van der Waals surface area contributed by atoms with Gasteiger partial charge in [0.05, 0.1) is 12.8 Å². The predicted molar refractivity (Wildman–Crippen MR) is 74.8 cm³/mol. The normalized spacial score (nSPS) is 22.8. The highest BCUT2D eigenvalue weighted by atomic mass is 16.5. The molecule has 0 N–H and O–H groups in total. The first-order chi connectivity index (χ1) is 9.74. The highest BCUT2D eigenvalue weighted by Crippen LogP contribution is 2.35. The number of methoxy groups -OCH3 is 1. The third kappa shape index (κ3) is 1.94. The second-order valence-corrected chi connectivity index (χ2v) is 5.19. The molecule has 1 unspecified atom stereocenters. The Labute approximate surface area is 118 Å². The summed E-state index contributed by atoms with van der Waals surface area (Å²) in [7, 11) is 1.54. The fourth-order valence-electron chi connectivity index (χ4n) is 3.00. The maximum atomic E-state index is 12.6. The van der Waals surface area contributed by atoms with Crippen molar-refractivity contribution in [1.82, 2.24) is 4.90 Å². The quantitative estimate of drug-likeness (QED) is 0.778. The van der Waals surface area contributed by atoms with Crippen LogP contribution in [0.15, 0.2) is 24.3 Å². The lowest BCUT2D eigenvalue weighted by molar-refractivity contribution is -0.119. The van der Waals surface area contributed by atoms with Crippen LogP contribution in [0.2, 0.25) is 0 Å². The van der Waals surface area contributed by atoms with E-state index in [1.807, 2.05) is 12.1 Å². The molecule has 1 atom stereocenters. The fourth-order valence-corrected chi connectivity index (χ4v) is 3.00. The van der Waals surface area contributed by atoms with E-state index in [4.69, 9.17) is 4.74 Å². The Morgan fingerprint density at radius 2 is 1.95 bits per heavy atom. The number of urea groups is 1. The zero-order chi connectivity index (χ0) is 14.1. The zero-order valence-electron chi connectivity index (χ0n) is 11.5. The maximum Gasteiger partial charge on any atom is 0.332 e. The third-order valence-corrected chi connectivity index (χ3v) is 4.02. The minimum absolute atomic E-state index is 0.124. The van der Waals surface area contributed by atoms with Gasteiger partial charge in [0, 0.05) is 6.54 Å². The molecule has 2 saturated heterocycles. The van der Waals surface area contributed by atoms with Gasteiger partial charge in [-0.25, -0.2) is 9.69 Å². The maximum absolute atomic E-state index is 12.6. The van der Waals surface area contributed by atoms with Gasteiger partial charge in [-0.2, -0.15) is 0 Å². The summed E-state index contributed by atoms with van der Waals surface area (Å²) in [5, 5.41) is 0. The molecule has 0 radical (unpaired) electrons. The number of hydrogen-bond acceptors (Lipinski definition) is 3. The van der Waals surface area contributed by atoms with Gasteiger partial charge in [0.15, 0.2) is 0 Å². The standard InChI is InChI=1S/C15H18N2O3/c1-20-13-9-5-4-7-11(13)17-14(18)12-8-3-2-6-10-16(12)15(17)19/h4-5,7,9,12H,2-3,6,8,10H2,1H3. The van der Waals surface area contributed by atoms with Crippen molar-refractivity contribution in [2.45, 2.75) is 31.7 Å². The van der Waals surface area contributed by atoms with E-state index >= 15 is 0 Å². The molecule has 2 aliphatic rings. The molecule has 2 heterocycles. The average molecular weight is 274 g/mol. The van der Waals surface area contributed by atoms with Gasteiger partial charge < -0.3 is 9.64 Å². The number of carbonyl (C=O) groups excluding carboxylic acids is 2. The van der Waals surface area contributed by atoms with Gasteiger partial charge in [0.2, 0.25) is 0 Å². The van der Waals surface area contributed by atoms with Gasteiger partial charge >= 0.3 is 6.03 Å². The van der Waals surface area contributed by atoms with Crippen molar-refractivity contribution in [3.8, 4) is 5.75 Å². The summed E-state index contributed by atoms with van der Waals surface area (Å²) in [5.41, 5.74) is 0.540. The molecule has 1 aromatic rings. The Balaban J connectivity index is 1.98. The smallest absolute Gasteiger partial charge is 0.332 e. The van der Waals surface area contributed by atoms with Gasteiger partial charge in [0.1, 0.15) is 11.8 Å². The van der Waals surface area contributed by atoms with E-state index in [1.165, 1.54) is 4.90 Å². The van der Waals surface area contributed by atoms with Gasteiger partial charge in [0.25, 0.3) is 5.91 Å². The Morgan fingerprint density at radius 3 is 2.75 bits per heavy atom. The monoisotopic (exact) mass is 274 g/mol. The van der Waals surface area contributed by atoms with Crippen molar-refractivity contribution in [2.75, 3.05) is 18.6 Å². The summed E-state index contributed by atoms with van der Waals surface area (Å²) in [4.78, 5) is 28.1. The van der Waals surface area contributed by atoms with Crippen LogP contribution in [-0.2, 0) is 4.79 Å². The number of imide groups is 1. The number of nitrogens with zero attached hydrogens (tertiary/aromatic N) is 2. The molecule has 0 aliphatic carbocycles. The van der Waals surface area contributed by atoms with Crippen LogP contribution in [0.5, 0.6) is 5.75 Å². The van der Waals surface area contributed by atoms with Crippen LogP contribution in [0.25, 0.3) is 0 Å². The van der Waals surface area contributed by atoms with Crippen LogP contribution in [0, 0.1) is 0 Å². The van der Waals surface area contributed by atoms with Gasteiger partial charge in [-0.3, -0.25) is 4.79 Å². The van der Waals surface area contributed by atoms with Gasteiger partial charge in [-0.15, -0.1) is 0 Å². The largest absolute Gasteiger partial charge is 0.495 e. The van der Waals surface area contributed by atoms with Crippen molar-refractivity contribution in [3.05, 3.63) is 24.3 Å². The molecular weight excluding hydrogens is 256 g/mol. The lowest BCUT2D eigenvalue weighted by atomic mass is 10.1. The fraction of sp³-hybridized carbons (Fsp3) is 0.467. The molecule has 5 heteroatoms. The minimum Gasteiger partial charge on any atom is -0.495 e. The van der Waals surface area contributed by atoms with Crippen molar-refractivity contribution in [3.63, 3.8) is 0 Å². The van der Waals surface area contributed by atoms with Crippen molar-refractivity contribution >= 4 is 17.6 Å². The highest BCUT2D eigenvalue weighted by molar-refractivity contribution is 6.22. The van der Waals surface area contributed by atoms with Crippen LogP contribution in [0.1, 0.15) is 25.7 Å². The van der Waals surface area contributed by atoms with E-state index in [9.17, 15) is 9.59 Å². The number of rotatable bonds is 2. The second-order valence-electron chi connectivity index (χ2n) is 5.19. The molecule has 20 heavy (non-hydrogen) atoms. The lowest BCUT2D eigenvalue weighted by Crippen LogP contribution is -2.34. The average Bonchev–Trinajstić information content (AvgIpc) is 2.66. The number of benzene rings is 1. The molecule has 2 fully saturated rings. The molecular formula is C15H18N2O3. The van der Waals surface area contributed by atoms with E-state index in [0.29, 0.717) is 18.0 Å². The molecule has 0 aromatic heterocycles.